The average Bonchev–Trinajstić information content (AvgIpc) is 3.12. The van der Waals surface area contributed by atoms with Gasteiger partial charge in [-0.25, -0.2) is 0 Å². The Balaban J connectivity index is 2.33. The first-order valence-electron chi connectivity index (χ1n) is 12.9. The molecule has 1 N–H and O–H groups in total. The third-order valence-electron chi connectivity index (χ3n) is 6.15. The van der Waals surface area contributed by atoms with Crippen LogP contribution in [-0.2, 0) is 23.9 Å². The van der Waals surface area contributed by atoms with E-state index in [1.807, 2.05) is 32.6 Å². The predicted octanol–water partition coefficient (Wildman–Crippen LogP) is 2.93. The van der Waals surface area contributed by atoms with Crippen molar-refractivity contribution in [2.45, 2.75) is 117 Å². The highest BCUT2D eigenvalue weighted by Crippen LogP contribution is 2.20. The van der Waals surface area contributed by atoms with Crippen LogP contribution in [0.3, 0.4) is 0 Å². The van der Waals surface area contributed by atoms with Gasteiger partial charge in [0.1, 0.15) is 17.3 Å². The van der Waals surface area contributed by atoms with E-state index < -0.39 is 6.10 Å². The van der Waals surface area contributed by atoms with Gasteiger partial charge in [0.2, 0.25) is 5.91 Å². The zero-order valence-corrected chi connectivity index (χ0v) is 21.9. The van der Waals surface area contributed by atoms with Gasteiger partial charge in [-0.3, -0.25) is 19.3 Å². The molecule has 1 amide bonds. The van der Waals surface area contributed by atoms with Crippen molar-refractivity contribution in [3.05, 3.63) is 0 Å². The molecule has 1 saturated heterocycles. The number of unbranched alkanes of at least 4 members (excludes halogenated alkanes) is 2. The first kappa shape index (κ1) is 30.4. The zero-order valence-electron chi connectivity index (χ0n) is 21.9. The molecular weight excluding hydrogens is 436 g/mol. The number of amides is 1. The quantitative estimate of drug-likeness (QED) is 0.300. The first-order chi connectivity index (χ1) is 16.0. The molecule has 0 aromatic rings. The number of ether oxygens (including phenoxy) is 1. The van der Waals surface area contributed by atoms with E-state index in [0.29, 0.717) is 64.5 Å². The van der Waals surface area contributed by atoms with Gasteiger partial charge >= 0.3 is 0 Å². The molecule has 1 fully saturated rings. The topological polar surface area (TPSA) is 104 Å². The Morgan fingerprint density at radius 3 is 1.94 bits per heavy atom. The van der Waals surface area contributed by atoms with Crippen molar-refractivity contribution in [1.82, 2.24) is 9.80 Å². The summed E-state index contributed by atoms with van der Waals surface area (Å²) in [7, 11) is 0. The number of carbonyl (C=O) groups excluding carboxylic acids is 4. The van der Waals surface area contributed by atoms with Crippen LogP contribution >= 0.6 is 0 Å². The summed E-state index contributed by atoms with van der Waals surface area (Å²) in [6, 6.07) is -0.00980. The molecule has 0 unspecified atom stereocenters. The van der Waals surface area contributed by atoms with Crippen molar-refractivity contribution >= 4 is 23.3 Å². The summed E-state index contributed by atoms with van der Waals surface area (Å²) in [5, 5.41) is 9.97. The summed E-state index contributed by atoms with van der Waals surface area (Å²) in [6.45, 7) is 10.6. The highest BCUT2D eigenvalue weighted by molar-refractivity contribution is 5.83. The van der Waals surface area contributed by atoms with Gasteiger partial charge in [-0.2, -0.15) is 0 Å². The highest BCUT2D eigenvalue weighted by atomic mass is 16.5. The van der Waals surface area contributed by atoms with Crippen molar-refractivity contribution in [3.63, 3.8) is 0 Å². The smallest absolute Gasteiger partial charge is 0.222 e. The van der Waals surface area contributed by atoms with Crippen LogP contribution in [0.25, 0.3) is 0 Å². The van der Waals surface area contributed by atoms with Crippen LogP contribution in [0.2, 0.25) is 0 Å². The number of hydrogen-bond acceptors (Lipinski definition) is 7. The molecule has 1 aliphatic heterocycles. The first-order valence-corrected chi connectivity index (χ1v) is 12.9. The van der Waals surface area contributed by atoms with Crippen LogP contribution in [0.5, 0.6) is 0 Å². The van der Waals surface area contributed by atoms with Crippen molar-refractivity contribution in [2.24, 2.45) is 0 Å². The minimum Gasteiger partial charge on any atom is -0.391 e. The van der Waals surface area contributed by atoms with Crippen molar-refractivity contribution in [1.29, 1.82) is 0 Å². The Morgan fingerprint density at radius 1 is 0.912 bits per heavy atom. The number of β-amino-alcohol motifs (C(OH)–C–C–N with tert-alkyl or cyclic N) is 1. The molecule has 1 rings (SSSR count). The van der Waals surface area contributed by atoms with Gasteiger partial charge in [-0.05, 0) is 66.7 Å². The fourth-order valence-corrected chi connectivity index (χ4v) is 4.13. The number of nitrogens with zero attached hydrogens (tertiary/aromatic N) is 2. The Hall–Kier alpha value is -1.64. The number of rotatable bonds is 18. The Kier molecular flexibility index (Phi) is 14.4. The fraction of sp³-hybridized carbons (Fsp3) is 0.846. The van der Waals surface area contributed by atoms with E-state index in [1.165, 1.54) is 0 Å². The van der Waals surface area contributed by atoms with E-state index in [9.17, 15) is 24.3 Å². The molecule has 0 spiro atoms. The second-order valence-electron chi connectivity index (χ2n) is 10.2. The van der Waals surface area contributed by atoms with Crippen LogP contribution < -0.4 is 0 Å². The maximum Gasteiger partial charge on any atom is 0.222 e. The van der Waals surface area contributed by atoms with Gasteiger partial charge in [-0.1, -0.05) is 0 Å². The number of Topliss-reactive ketones (excluding diaryl/α,β-unsaturated/α-hetero) is 3. The van der Waals surface area contributed by atoms with Gasteiger partial charge < -0.3 is 19.5 Å². The lowest BCUT2D eigenvalue weighted by Gasteiger charge is -2.25. The van der Waals surface area contributed by atoms with Crippen LogP contribution in [0.1, 0.15) is 92.4 Å². The number of carbonyl (C=O) groups is 4. The highest BCUT2D eigenvalue weighted by Gasteiger charge is 2.34. The number of ketones is 3. The summed E-state index contributed by atoms with van der Waals surface area (Å²) in [5.41, 5.74) is 0. The van der Waals surface area contributed by atoms with Crippen LogP contribution in [0, 0.1) is 0 Å². The second kappa shape index (κ2) is 16.1. The standard InChI is InChI=1S/C26H46N2O6/c1-19(2)27(15-23(30)11-7-6-10-21(5)29)16-24(31)12-8-9-13-26(33)28-17-25(32)14-22(28)18-34-20(3)4/h19-20,22,25,32H,6-18H2,1-5H3/t22-,25-/m0/s1. The third kappa shape index (κ3) is 12.7. The summed E-state index contributed by atoms with van der Waals surface area (Å²) in [6.07, 6.45) is 4.44. The SMILES string of the molecule is CC(=O)CCCCC(=O)CN(CC(=O)CCCCC(=O)N1C[C@@H](O)C[C@H]1COC(C)C)C(C)C. The van der Waals surface area contributed by atoms with Gasteiger partial charge in [-0.15, -0.1) is 0 Å². The van der Waals surface area contributed by atoms with Gasteiger partial charge in [0.15, 0.2) is 0 Å². The van der Waals surface area contributed by atoms with E-state index in [0.717, 1.165) is 6.42 Å². The van der Waals surface area contributed by atoms with E-state index in [4.69, 9.17) is 4.74 Å². The molecular formula is C26H46N2O6. The van der Waals surface area contributed by atoms with E-state index in [2.05, 4.69) is 0 Å². The molecule has 0 aliphatic carbocycles. The summed E-state index contributed by atoms with van der Waals surface area (Å²) in [5.74, 6) is 0.312. The van der Waals surface area contributed by atoms with Crippen molar-refractivity contribution < 1.29 is 29.0 Å². The lowest BCUT2D eigenvalue weighted by Crippen LogP contribution is -2.39. The van der Waals surface area contributed by atoms with E-state index in [1.54, 1.807) is 11.8 Å². The molecule has 1 heterocycles. The maximum absolute atomic E-state index is 12.6. The normalized spacial score (nSPS) is 18.3. The molecule has 34 heavy (non-hydrogen) atoms. The minimum absolute atomic E-state index is 0.000492. The van der Waals surface area contributed by atoms with E-state index in [-0.39, 0.29) is 54.5 Å². The molecule has 8 heteroatoms. The molecule has 1 aliphatic rings. The monoisotopic (exact) mass is 482 g/mol. The largest absolute Gasteiger partial charge is 0.391 e. The number of likely N-dealkylation sites (tertiary alicyclic amines) is 1. The lowest BCUT2D eigenvalue weighted by atomic mass is 10.1. The Bertz CT molecular complexity index is 664. The molecule has 196 valence electrons. The van der Waals surface area contributed by atoms with Crippen LogP contribution in [0.4, 0.5) is 0 Å². The Labute approximate surface area is 205 Å². The summed E-state index contributed by atoms with van der Waals surface area (Å²) in [4.78, 5) is 52.0. The average molecular weight is 483 g/mol. The van der Waals surface area contributed by atoms with Gasteiger partial charge in [0, 0.05) is 38.3 Å². The van der Waals surface area contributed by atoms with Crippen LogP contribution in [0.15, 0.2) is 0 Å². The van der Waals surface area contributed by atoms with Crippen molar-refractivity contribution in [2.75, 3.05) is 26.2 Å². The van der Waals surface area contributed by atoms with E-state index >= 15 is 0 Å². The zero-order chi connectivity index (χ0) is 25.7. The summed E-state index contributed by atoms with van der Waals surface area (Å²) < 4.78 is 5.64. The van der Waals surface area contributed by atoms with Crippen LogP contribution in [-0.4, -0.2) is 88.7 Å². The number of aliphatic hydroxyl groups is 1. The lowest BCUT2D eigenvalue weighted by molar-refractivity contribution is -0.134. The number of aliphatic hydroxyl groups excluding tert-OH is 1. The second-order valence-corrected chi connectivity index (χ2v) is 10.2. The van der Waals surface area contributed by atoms with Gasteiger partial charge in [0.05, 0.1) is 37.9 Å². The van der Waals surface area contributed by atoms with Gasteiger partial charge in [0.25, 0.3) is 0 Å². The minimum atomic E-state index is -0.509. The molecule has 0 radical (unpaired) electrons. The molecule has 0 bridgehead atoms. The molecule has 2 atom stereocenters. The molecule has 0 aromatic heterocycles. The predicted molar refractivity (Wildman–Crippen MR) is 132 cm³/mol. The fourth-order valence-electron chi connectivity index (χ4n) is 4.13. The molecule has 0 aromatic carbocycles. The molecule has 0 saturated carbocycles. The third-order valence-corrected chi connectivity index (χ3v) is 6.15. The summed E-state index contributed by atoms with van der Waals surface area (Å²) >= 11 is 0. The number of hydrogen-bond donors (Lipinski definition) is 1. The molecule has 8 nitrogen and oxygen atoms in total. The maximum atomic E-state index is 12.6. The Morgan fingerprint density at radius 2 is 1.44 bits per heavy atom. The van der Waals surface area contributed by atoms with Crippen molar-refractivity contribution in [3.8, 4) is 0 Å².